The van der Waals surface area contributed by atoms with Gasteiger partial charge in [-0.2, -0.15) is 8.42 Å². The Labute approximate surface area is 483 Å². The summed E-state index contributed by atoms with van der Waals surface area (Å²) in [5.41, 5.74) is 5.08. The third-order valence-electron chi connectivity index (χ3n) is 15.0. The molecule has 0 bridgehead atoms. The minimum atomic E-state index is -4.03. The van der Waals surface area contributed by atoms with Crippen LogP contribution >= 0.6 is 11.6 Å². The lowest BCUT2D eigenvalue weighted by atomic mass is 9.86. The van der Waals surface area contributed by atoms with E-state index in [-0.39, 0.29) is 96.2 Å². The molecular weight excluding hydrogens is 1020 g/mol. The van der Waals surface area contributed by atoms with Gasteiger partial charge in [-0.15, -0.1) is 0 Å². The fourth-order valence-corrected chi connectivity index (χ4v) is 12.8. The molecule has 16 heteroatoms. The molecule has 14 nitrogen and oxygen atoms in total. The molecule has 2 unspecified atom stereocenters. The Morgan fingerprint density at radius 2 is 0.949 bits per heavy atom. The Kier molecular flexibility index (Phi) is 37.1. The van der Waals surface area contributed by atoms with Gasteiger partial charge in [0.05, 0.1) is 31.5 Å². The number of aryl methyl sites for hydroxylation is 2. The number of nitrogens with zero attached hydrogens (tertiary/aromatic N) is 6. The fourth-order valence-electron chi connectivity index (χ4n) is 11.4. The third kappa shape index (κ3) is 19.6. The molecule has 4 saturated heterocycles. The van der Waals surface area contributed by atoms with Crippen LogP contribution in [0.25, 0.3) is 0 Å². The molecule has 3 aromatic rings. The number of urea groups is 2. The van der Waals surface area contributed by atoms with Crippen LogP contribution in [0.15, 0.2) is 65.6 Å². The number of halogens is 1. The van der Waals surface area contributed by atoms with E-state index in [0.717, 1.165) is 129 Å². The van der Waals surface area contributed by atoms with Gasteiger partial charge in [-0.3, -0.25) is 9.80 Å². The summed E-state index contributed by atoms with van der Waals surface area (Å²) in [7, 11) is -4.03. The number of piperidine rings is 2. The quantitative estimate of drug-likeness (QED) is 0.185. The van der Waals surface area contributed by atoms with Crippen molar-refractivity contribution in [1.82, 2.24) is 29.4 Å². The smallest absolute Gasteiger partial charge is 0.340 e. The highest BCUT2D eigenvalue weighted by Gasteiger charge is 2.36. The lowest BCUT2D eigenvalue weighted by molar-refractivity contribution is 0.0330. The maximum Gasteiger partial charge on any atom is 0.340 e. The maximum absolute atomic E-state index is 13.0. The largest absolute Gasteiger partial charge is 0.508 e. The zero-order chi connectivity index (χ0) is 47.6. The van der Waals surface area contributed by atoms with E-state index in [1.807, 2.05) is 43.9 Å². The van der Waals surface area contributed by atoms with Crippen molar-refractivity contribution < 1.29 is 36.8 Å². The minimum absolute atomic E-state index is 0. The zero-order valence-electron chi connectivity index (χ0n) is 40.2. The highest BCUT2D eigenvalue weighted by Crippen LogP contribution is 2.34. The van der Waals surface area contributed by atoms with Crippen molar-refractivity contribution in [2.45, 2.75) is 194 Å². The molecule has 4 amide bonds. The van der Waals surface area contributed by atoms with Crippen LogP contribution in [-0.4, -0.2) is 171 Å². The number of morpholine rings is 2. The number of carbonyl (C=O) groups excluding carboxylic acids is 2. The van der Waals surface area contributed by atoms with Gasteiger partial charge in [0.1, 0.15) is 16.4 Å². The van der Waals surface area contributed by atoms with Gasteiger partial charge < -0.3 is 38.4 Å². The average Bonchev–Trinajstić information content (AvgIpc) is 3.37. The standard InChI is InChI=1S/C29H38ClN3O5S.C23H35N3O3.10CH4/c1-2-13-33(24-11-14-31(15-12-24)29(34)32-16-18-37-19-17-32)25-9-7-22-8-10-26(21-23(22)20-25)38-39(35,36)28-6-4-3-5-27(28)30;1-2-9-26(21-5-3-18-4-6-22(27)17-19(18)16-21)20-7-10-24(11-8-20)23(28)25-12-14-29-15-13-25;;;;;;;;;;/h3-6,8,10,21,24-25H,2,7,9,11-20H2,1H3;4,6,17,20-21,27H,2-3,5,7-16H2,1H3;10*1H4. The van der Waals surface area contributed by atoms with Crippen LogP contribution in [0.1, 0.15) is 162 Å². The van der Waals surface area contributed by atoms with Gasteiger partial charge in [-0.25, -0.2) is 9.59 Å². The molecule has 2 atom stereocenters. The number of aromatic hydroxyl groups is 1. The number of fused-ring (bicyclic) bond motifs is 2. The molecule has 1 N–H and O–H groups in total. The lowest BCUT2D eigenvalue weighted by Gasteiger charge is -2.44. The van der Waals surface area contributed by atoms with E-state index >= 15 is 0 Å². The number of likely N-dealkylation sites (tertiary alicyclic amines) is 2. The second-order valence-electron chi connectivity index (χ2n) is 19.3. The van der Waals surface area contributed by atoms with Crippen molar-refractivity contribution >= 4 is 33.8 Å². The second-order valence-corrected chi connectivity index (χ2v) is 21.2. The topological polar surface area (TPSA) is 136 Å². The number of hydrogen-bond donors (Lipinski definition) is 1. The summed E-state index contributed by atoms with van der Waals surface area (Å²) < 4.78 is 42.0. The Hall–Kier alpha value is -4.12. The van der Waals surface area contributed by atoms with E-state index in [4.69, 9.17) is 25.3 Å². The Balaban J connectivity index is -0.00000132. The first-order valence-corrected chi connectivity index (χ1v) is 27.2. The van der Waals surface area contributed by atoms with E-state index in [1.165, 1.54) is 29.2 Å². The molecule has 0 spiro atoms. The van der Waals surface area contributed by atoms with Crippen molar-refractivity contribution in [1.29, 1.82) is 0 Å². The van der Waals surface area contributed by atoms with Gasteiger partial charge in [0, 0.05) is 76.5 Å². The number of rotatable bonds is 11. The molecule has 9 rings (SSSR count). The summed E-state index contributed by atoms with van der Waals surface area (Å²) in [5, 5.41) is 10.0. The normalized spacial score (nSPS) is 19.0. The summed E-state index contributed by atoms with van der Waals surface area (Å²) in [6, 6.07) is 20.0. The number of ether oxygens (including phenoxy) is 2. The first kappa shape index (κ1) is 78.1. The Morgan fingerprint density at radius 1 is 0.551 bits per heavy atom. The van der Waals surface area contributed by atoms with Crippen LogP contribution < -0.4 is 4.18 Å². The first-order chi connectivity index (χ1) is 33.0. The van der Waals surface area contributed by atoms with E-state index < -0.39 is 10.1 Å². The van der Waals surface area contributed by atoms with Gasteiger partial charge in [-0.05, 0) is 149 Å². The van der Waals surface area contributed by atoms with Gasteiger partial charge in [0.2, 0.25) is 0 Å². The number of hydrogen-bond acceptors (Lipinski definition) is 10. The molecule has 0 saturated carbocycles. The number of phenols is 1. The van der Waals surface area contributed by atoms with Crippen molar-refractivity contribution in [3.05, 3.63) is 87.9 Å². The Bertz CT molecular complexity index is 2260. The lowest BCUT2D eigenvalue weighted by Crippen LogP contribution is -2.54. The summed E-state index contributed by atoms with van der Waals surface area (Å²) in [6.07, 6.45) is 12.4. The zero-order valence-corrected chi connectivity index (χ0v) is 41.8. The summed E-state index contributed by atoms with van der Waals surface area (Å²) in [4.78, 5) is 39.0. The first-order valence-electron chi connectivity index (χ1n) is 25.4. The van der Waals surface area contributed by atoms with Gasteiger partial charge in [0.15, 0.2) is 0 Å². The van der Waals surface area contributed by atoms with Crippen molar-refractivity contribution in [2.75, 3.05) is 91.9 Å². The molecule has 452 valence electrons. The fraction of sp³-hybridized carbons (Fsp3) is 0.677. The molecule has 78 heavy (non-hydrogen) atoms. The van der Waals surface area contributed by atoms with Crippen LogP contribution in [0.4, 0.5) is 9.59 Å². The molecule has 4 heterocycles. The molecule has 0 aromatic heterocycles. The number of amides is 4. The van der Waals surface area contributed by atoms with E-state index in [0.29, 0.717) is 75.2 Å². The van der Waals surface area contributed by atoms with Crippen molar-refractivity contribution in [2.24, 2.45) is 0 Å². The van der Waals surface area contributed by atoms with Crippen LogP contribution in [-0.2, 0) is 45.3 Å². The minimum Gasteiger partial charge on any atom is -0.508 e. The van der Waals surface area contributed by atoms with Crippen LogP contribution in [0, 0.1) is 0 Å². The predicted molar refractivity (Wildman–Crippen MR) is 332 cm³/mol. The average molecular weight is 1140 g/mol. The predicted octanol–water partition coefficient (Wildman–Crippen LogP) is 13.8. The molecule has 2 aliphatic carbocycles. The van der Waals surface area contributed by atoms with Gasteiger partial charge in [-0.1, -0.05) is 124 Å². The summed E-state index contributed by atoms with van der Waals surface area (Å²) in [5.74, 6) is 0.688. The monoisotopic (exact) mass is 1140 g/mol. The van der Waals surface area contributed by atoms with E-state index in [2.05, 4.69) is 29.7 Å². The number of phenolic OH excluding ortho intramolecular Hbond substituents is 1. The molecular formula is C62H113ClN6O8S. The number of benzene rings is 3. The van der Waals surface area contributed by atoms with Crippen molar-refractivity contribution in [3.63, 3.8) is 0 Å². The highest BCUT2D eigenvalue weighted by atomic mass is 35.5. The van der Waals surface area contributed by atoms with Crippen LogP contribution in [0.3, 0.4) is 0 Å². The summed E-state index contributed by atoms with van der Waals surface area (Å²) >= 11 is 6.12. The van der Waals surface area contributed by atoms with E-state index in [1.54, 1.807) is 24.3 Å². The second kappa shape index (κ2) is 37.0. The Morgan fingerprint density at radius 3 is 1.37 bits per heavy atom. The van der Waals surface area contributed by atoms with Crippen molar-refractivity contribution in [3.8, 4) is 11.5 Å². The maximum atomic E-state index is 13.0. The molecule has 3 aromatic carbocycles. The SMILES string of the molecule is C.C.C.C.C.C.C.C.C.C.CCCN(C1CCN(C(=O)N2CCOCC2)CC1)C1CCc2ccc(O)cc2C1.CCCN(C1CCN(C(=O)N2CCOCC2)CC1)C1CCc2ccc(OS(=O)(=O)c3ccccc3Cl)cc2C1. The summed E-state index contributed by atoms with van der Waals surface area (Å²) in [6.45, 7) is 15.2. The van der Waals surface area contributed by atoms with Crippen LogP contribution in [0.2, 0.25) is 5.02 Å². The molecule has 0 radical (unpaired) electrons. The van der Waals surface area contributed by atoms with Gasteiger partial charge in [0.25, 0.3) is 0 Å². The van der Waals surface area contributed by atoms with E-state index in [9.17, 15) is 23.1 Å². The molecule has 4 fully saturated rings. The third-order valence-corrected chi connectivity index (χ3v) is 16.7. The molecule has 6 aliphatic rings. The van der Waals surface area contributed by atoms with Gasteiger partial charge >= 0.3 is 22.2 Å². The number of carbonyl (C=O) groups is 2. The molecule has 4 aliphatic heterocycles. The van der Waals surface area contributed by atoms with Crippen LogP contribution in [0.5, 0.6) is 11.5 Å². The highest BCUT2D eigenvalue weighted by molar-refractivity contribution is 7.87.